The van der Waals surface area contributed by atoms with Crippen LogP contribution in [-0.2, 0) is 0 Å². The number of nitrogens with two attached hydrogens (primary N) is 1. The van der Waals surface area contributed by atoms with Gasteiger partial charge in [-0.25, -0.2) is 4.79 Å². The van der Waals surface area contributed by atoms with Crippen molar-refractivity contribution in [2.45, 2.75) is 44.6 Å². The summed E-state index contributed by atoms with van der Waals surface area (Å²) in [5.74, 6) is 1.46. The van der Waals surface area contributed by atoms with Crippen LogP contribution in [-0.4, -0.2) is 35.2 Å². The van der Waals surface area contributed by atoms with Crippen molar-refractivity contribution in [3.8, 4) is 0 Å². The molecule has 0 aromatic carbocycles. The number of piperidine rings is 1. The maximum Gasteiger partial charge on any atom is 0.407 e. The van der Waals surface area contributed by atoms with Gasteiger partial charge in [0, 0.05) is 19.1 Å². The molecule has 0 spiro atoms. The SMILES string of the molecule is NC1CCCC(C2CCN(C(=O)O)CC2)C1. The molecular weight excluding hydrogens is 204 g/mol. The lowest BCUT2D eigenvalue weighted by Crippen LogP contribution is -2.41. The summed E-state index contributed by atoms with van der Waals surface area (Å²) in [6.45, 7) is 1.43. The van der Waals surface area contributed by atoms with Crippen molar-refractivity contribution in [2.75, 3.05) is 13.1 Å². The molecule has 1 aliphatic carbocycles. The molecule has 2 unspecified atom stereocenters. The summed E-state index contributed by atoms with van der Waals surface area (Å²) in [5.41, 5.74) is 6.00. The van der Waals surface area contributed by atoms with Crippen LogP contribution in [0.4, 0.5) is 4.79 Å². The molecular formula is C12H22N2O2. The van der Waals surface area contributed by atoms with E-state index in [0.29, 0.717) is 25.0 Å². The smallest absolute Gasteiger partial charge is 0.407 e. The number of likely N-dealkylation sites (tertiary alicyclic amines) is 1. The van der Waals surface area contributed by atoms with Gasteiger partial charge in [0.25, 0.3) is 0 Å². The minimum Gasteiger partial charge on any atom is -0.465 e. The van der Waals surface area contributed by atoms with Gasteiger partial charge in [0.15, 0.2) is 0 Å². The minimum atomic E-state index is -0.765. The topological polar surface area (TPSA) is 66.6 Å². The van der Waals surface area contributed by atoms with Crippen LogP contribution in [0.1, 0.15) is 38.5 Å². The number of hydrogen-bond acceptors (Lipinski definition) is 2. The number of nitrogens with zero attached hydrogens (tertiary/aromatic N) is 1. The van der Waals surface area contributed by atoms with Gasteiger partial charge < -0.3 is 15.7 Å². The molecule has 4 nitrogen and oxygen atoms in total. The number of carbonyl (C=O) groups is 1. The van der Waals surface area contributed by atoms with Gasteiger partial charge in [-0.15, -0.1) is 0 Å². The van der Waals surface area contributed by atoms with E-state index in [1.54, 1.807) is 4.90 Å². The summed E-state index contributed by atoms with van der Waals surface area (Å²) in [5, 5.41) is 8.88. The quantitative estimate of drug-likeness (QED) is 0.717. The monoisotopic (exact) mass is 226 g/mol. The molecule has 3 N–H and O–H groups in total. The molecule has 1 heterocycles. The Morgan fingerprint density at radius 3 is 2.38 bits per heavy atom. The summed E-state index contributed by atoms with van der Waals surface area (Å²) in [4.78, 5) is 12.3. The molecule has 16 heavy (non-hydrogen) atoms. The third-order valence-corrected chi connectivity index (χ3v) is 4.23. The number of hydrogen-bond donors (Lipinski definition) is 2. The lowest BCUT2D eigenvalue weighted by atomic mass is 9.74. The summed E-state index contributed by atoms with van der Waals surface area (Å²) < 4.78 is 0. The molecule has 0 aromatic rings. The van der Waals surface area contributed by atoms with Crippen LogP contribution in [0.5, 0.6) is 0 Å². The maximum atomic E-state index is 10.8. The second kappa shape index (κ2) is 5.04. The largest absolute Gasteiger partial charge is 0.465 e. The predicted octanol–water partition coefficient (Wildman–Crippen LogP) is 1.89. The van der Waals surface area contributed by atoms with E-state index in [1.807, 2.05) is 0 Å². The van der Waals surface area contributed by atoms with Crippen LogP contribution in [0.3, 0.4) is 0 Å². The first-order chi connectivity index (χ1) is 7.66. The standard InChI is InChI=1S/C12H22N2O2/c13-11-3-1-2-10(8-11)9-4-6-14(7-5-9)12(15)16/h9-11H,1-8,13H2,(H,15,16). The average Bonchev–Trinajstić information content (AvgIpc) is 2.29. The Balaban J connectivity index is 1.81. The molecule has 2 fully saturated rings. The summed E-state index contributed by atoms with van der Waals surface area (Å²) >= 11 is 0. The van der Waals surface area contributed by atoms with E-state index in [9.17, 15) is 4.79 Å². The van der Waals surface area contributed by atoms with Crippen molar-refractivity contribution in [1.82, 2.24) is 4.90 Å². The second-order valence-corrected chi connectivity index (χ2v) is 5.29. The Kier molecular flexibility index (Phi) is 3.69. The molecule has 1 saturated carbocycles. The van der Waals surface area contributed by atoms with Gasteiger partial charge in [0.2, 0.25) is 0 Å². The van der Waals surface area contributed by atoms with Crippen molar-refractivity contribution in [2.24, 2.45) is 17.6 Å². The van der Waals surface area contributed by atoms with Crippen molar-refractivity contribution in [1.29, 1.82) is 0 Å². The average molecular weight is 226 g/mol. The maximum absolute atomic E-state index is 10.8. The van der Waals surface area contributed by atoms with Crippen LogP contribution in [0.25, 0.3) is 0 Å². The zero-order valence-electron chi connectivity index (χ0n) is 9.77. The zero-order valence-corrected chi connectivity index (χ0v) is 9.77. The third-order valence-electron chi connectivity index (χ3n) is 4.23. The lowest BCUT2D eigenvalue weighted by molar-refractivity contribution is 0.102. The number of carboxylic acid groups (broad SMARTS) is 1. The lowest BCUT2D eigenvalue weighted by Gasteiger charge is -2.38. The highest BCUT2D eigenvalue weighted by Gasteiger charge is 2.30. The van der Waals surface area contributed by atoms with Crippen LogP contribution in [0.15, 0.2) is 0 Å². The second-order valence-electron chi connectivity index (χ2n) is 5.29. The van der Waals surface area contributed by atoms with Gasteiger partial charge in [-0.3, -0.25) is 0 Å². The van der Waals surface area contributed by atoms with Gasteiger partial charge in [0.05, 0.1) is 0 Å². The highest BCUT2D eigenvalue weighted by atomic mass is 16.4. The number of amides is 1. The van der Waals surface area contributed by atoms with E-state index in [-0.39, 0.29) is 0 Å². The number of rotatable bonds is 1. The Morgan fingerprint density at radius 2 is 1.81 bits per heavy atom. The highest BCUT2D eigenvalue weighted by Crippen LogP contribution is 2.35. The minimum absolute atomic E-state index is 0.385. The zero-order chi connectivity index (χ0) is 11.5. The summed E-state index contributed by atoms with van der Waals surface area (Å²) in [6.07, 6.45) is 6.17. The Hall–Kier alpha value is -0.770. The molecule has 4 heteroatoms. The van der Waals surface area contributed by atoms with Crippen molar-refractivity contribution in [3.63, 3.8) is 0 Å². The van der Waals surface area contributed by atoms with E-state index >= 15 is 0 Å². The molecule has 0 aromatic heterocycles. The molecule has 0 radical (unpaired) electrons. The molecule has 1 saturated heterocycles. The van der Waals surface area contributed by atoms with Crippen molar-refractivity contribution < 1.29 is 9.90 Å². The van der Waals surface area contributed by atoms with E-state index in [2.05, 4.69) is 0 Å². The normalized spacial score (nSPS) is 32.7. The first-order valence-corrected chi connectivity index (χ1v) is 6.40. The Bertz CT molecular complexity index is 249. The van der Waals surface area contributed by atoms with E-state index in [1.165, 1.54) is 19.3 Å². The summed E-state index contributed by atoms with van der Waals surface area (Å²) in [7, 11) is 0. The fraction of sp³-hybridized carbons (Fsp3) is 0.917. The highest BCUT2D eigenvalue weighted by molar-refractivity contribution is 5.64. The molecule has 0 bridgehead atoms. The van der Waals surface area contributed by atoms with E-state index < -0.39 is 6.09 Å². The molecule has 2 atom stereocenters. The Morgan fingerprint density at radius 1 is 1.12 bits per heavy atom. The van der Waals surface area contributed by atoms with Gasteiger partial charge >= 0.3 is 6.09 Å². The van der Waals surface area contributed by atoms with Crippen molar-refractivity contribution in [3.05, 3.63) is 0 Å². The van der Waals surface area contributed by atoms with Gasteiger partial charge in [-0.1, -0.05) is 12.8 Å². The van der Waals surface area contributed by atoms with Crippen LogP contribution in [0, 0.1) is 11.8 Å². The predicted molar refractivity (Wildman–Crippen MR) is 62.3 cm³/mol. The van der Waals surface area contributed by atoms with Gasteiger partial charge in [0.1, 0.15) is 0 Å². The third kappa shape index (κ3) is 2.67. The van der Waals surface area contributed by atoms with Crippen molar-refractivity contribution >= 4 is 6.09 Å². The van der Waals surface area contributed by atoms with E-state index in [0.717, 1.165) is 25.2 Å². The Labute approximate surface area is 96.8 Å². The molecule has 2 aliphatic rings. The van der Waals surface area contributed by atoms with Gasteiger partial charge in [-0.2, -0.15) is 0 Å². The first kappa shape index (κ1) is 11.7. The molecule has 1 aliphatic heterocycles. The fourth-order valence-electron chi connectivity index (χ4n) is 3.26. The van der Waals surface area contributed by atoms with Crippen LogP contribution >= 0.6 is 0 Å². The molecule has 2 rings (SSSR count). The first-order valence-electron chi connectivity index (χ1n) is 6.40. The fourth-order valence-corrected chi connectivity index (χ4v) is 3.26. The van der Waals surface area contributed by atoms with Crippen LogP contribution in [0.2, 0.25) is 0 Å². The summed E-state index contributed by atoms with van der Waals surface area (Å²) in [6, 6.07) is 0.385. The van der Waals surface area contributed by atoms with Gasteiger partial charge in [-0.05, 0) is 37.5 Å². The van der Waals surface area contributed by atoms with Crippen LogP contribution < -0.4 is 5.73 Å². The molecule has 92 valence electrons. The molecule has 1 amide bonds. The van der Waals surface area contributed by atoms with E-state index in [4.69, 9.17) is 10.8 Å².